The first-order valence-corrected chi connectivity index (χ1v) is 7.17. The van der Waals surface area contributed by atoms with Crippen molar-refractivity contribution in [1.29, 1.82) is 0 Å². The number of aryl methyl sites for hydroxylation is 1. The van der Waals surface area contributed by atoms with Gasteiger partial charge in [-0.2, -0.15) is 0 Å². The van der Waals surface area contributed by atoms with Gasteiger partial charge in [-0.3, -0.25) is 0 Å². The minimum Gasteiger partial charge on any atom is -0.315 e. The molecule has 0 heterocycles. The Morgan fingerprint density at radius 3 is 2.61 bits per heavy atom. The largest absolute Gasteiger partial charge is 0.315 e. The van der Waals surface area contributed by atoms with Gasteiger partial charge in [0.05, 0.1) is 0 Å². The summed E-state index contributed by atoms with van der Waals surface area (Å²) >= 11 is 0. The first-order chi connectivity index (χ1) is 8.74. The third kappa shape index (κ3) is 6.18. The summed E-state index contributed by atoms with van der Waals surface area (Å²) in [5.41, 5.74) is 2.83. The van der Waals surface area contributed by atoms with Crippen LogP contribution in [-0.2, 0) is 6.54 Å². The summed E-state index contributed by atoms with van der Waals surface area (Å²) in [6.45, 7) is 8.84. The van der Waals surface area contributed by atoms with Crippen molar-refractivity contribution in [3.05, 3.63) is 35.4 Å². The monoisotopic (exact) mass is 248 g/mol. The molecule has 0 saturated carbocycles. The van der Waals surface area contributed by atoms with Crippen molar-refractivity contribution in [3.8, 4) is 0 Å². The van der Waals surface area contributed by atoms with Crippen LogP contribution in [0.25, 0.3) is 0 Å². The lowest BCUT2D eigenvalue weighted by Gasteiger charge is -2.18. The summed E-state index contributed by atoms with van der Waals surface area (Å²) in [5, 5.41) is 3.51. The molecule has 0 saturated heterocycles. The fourth-order valence-electron chi connectivity index (χ4n) is 2.05. The quantitative estimate of drug-likeness (QED) is 0.675. The van der Waals surface area contributed by atoms with Crippen molar-refractivity contribution in [3.63, 3.8) is 0 Å². The second-order valence-electron chi connectivity index (χ2n) is 5.12. The second kappa shape index (κ2) is 9.12. The molecule has 0 fully saturated rings. The van der Waals surface area contributed by atoms with E-state index >= 15 is 0 Å². The van der Waals surface area contributed by atoms with E-state index in [1.54, 1.807) is 0 Å². The van der Waals surface area contributed by atoms with Crippen molar-refractivity contribution >= 4 is 0 Å². The second-order valence-corrected chi connectivity index (χ2v) is 5.12. The van der Waals surface area contributed by atoms with Crippen molar-refractivity contribution in [1.82, 2.24) is 10.2 Å². The van der Waals surface area contributed by atoms with Crippen molar-refractivity contribution in [2.24, 2.45) is 0 Å². The van der Waals surface area contributed by atoms with Crippen LogP contribution in [0.15, 0.2) is 24.3 Å². The van der Waals surface area contributed by atoms with Crippen LogP contribution in [-0.4, -0.2) is 31.6 Å². The van der Waals surface area contributed by atoms with Gasteiger partial charge < -0.3 is 10.2 Å². The summed E-state index contributed by atoms with van der Waals surface area (Å²) in [7, 11) is 2.19. The SMILES string of the molecule is CCCCCNCCN(C)Cc1ccccc1C. The van der Waals surface area contributed by atoms with Gasteiger partial charge in [-0.25, -0.2) is 0 Å². The van der Waals surface area contributed by atoms with Gasteiger partial charge in [0.25, 0.3) is 0 Å². The topological polar surface area (TPSA) is 15.3 Å². The number of benzene rings is 1. The molecule has 18 heavy (non-hydrogen) atoms. The Balaban J connectivity index is 2.14. The van der Waals surface area contributed by atoms with Crippen LogP contribution in [0, 0.1) is 6.92 Å². The van der Waals surface area contributed by atoms with E-state index in [0.29, 0.717) is 0 Å². The number of hydrogen-bond acceptors (Lipinski definition) is 2. The number of nitrogens with zero attached hydrogens (tertiary/aromatic N) is 1. The normalized spacial score (nSPS) is 11.1. The summed E-state index contributed by atoms with van der Waals surface area (Å²) in [6.07, 6.45) is 3.94. The van der Waals surface area contributed by atoms with E-state index < -0.39 is 0 Å². The Labute approximate surface area is 112 Å². The third-order valence-corrected chi connectivity index (χ3v) is 3.33. The highest BCUT2D eigenvalue weighted by atomic mass is 15.1. The predicted molar refractivity (Wildman–Crippen MR) is 79.9 cm³/mol. The van der Waals surface area contributed by atoms with E-state index in [1.165, 1.54) is 30.4 Å². The molecular formula is C16H28N2. The van der Waals surface area contributed by atoms with Crippen LogP contribution in [0.2, 0.25) is 0 Å². The molecule has 0 aliphatic carbocycles. The molecule has 0 atom stereocenters. The van der Waals surface area contributed by atoms with Crippen LogP contribution in [0.4, 0.5) is 0 Å². The number of rotatable bonds is 9. The highest BCUT2D eigenvalue weighted by molar-refractivity contribution is 5.25. The Morgan fingerprint density at radius 1 is 1.11 bits per heavy atom. The molecule has 1 aromatic carbocycles. The van der Waals surface area contributed by atoms with Crippen molar-refractivity contribution in [2.75, 3.05) is 26.7 Å². The molecule has 0 amide bonds. The summed E-state index contributed by atoms with van der Waals surface area (Å²) < 4.78 is 0. The first kappa shape index (κ1) is 15.2. The van der Waals surface area contributed by atoms with Crippen LogP contribution in [0.1, 0.15) is 37.3 Å². The van der Waals surface area contributed by atoms with Gasteiger partial charge >= 0.3 is 0 Å². The van der Waals surface area contributed by atoms with Gasteiger partial charge in [0.15, 0.2) is 0 Å². The number of unbranched alkanes of at least 4 members (excludes halogenated alkanes) is 2. The fourth-order valence-corrected chi connectivity index (χ4v) is 2.05. The van der Waals surface area contributed by atoms with Crippen LogP contribution in [0.5, 0.6) is 0 Å². The Kier molecular flexibility index (Phi) is 7.70. The lowest BCUT2D eigenvalue weighted by molar-refractivity contribution is 0.323. The van der Waals surface area contributed by atoms with Gasteiger partial charge in [0.1, 0.15) is 0 Å². The van der Waals surface area contributed by atoms with Crippen LogP contribution < -0.4 is 5.32 Å². The lowest BCUT2D eigenvalue weighted by Crippen LogP contribution is -2.29. The summed E-state index contributed by atoms with van der Waals surface area (Å²) in [4.78, 5) is 2.38. The molecule has 0 aliphatic heterocycles. The smallest absolute Gasteiger partial charge is 0.0233 e. The van der Waals surface area contributed by atoms with Gasteiger partial charge in [-0.1, -0.05) is 44.0 Å². The fraction of sp³-hybridized carbons (Fsp3) is 0.625. The standard InChI is InChI=1S/C16H28N2/c1-4-5-8-11-17-12-13-18(3)14-16-10-7-6-9-15(16)2/h6-7,9-10,17H,4-5,8,11-14H2,1-3H3. The molecule has 102 valence electrons. The van der Waals surface area contributed by atoms with Gasteiger partial charge in [-0.05, 0) is 38.1 Å². The van der Waals surface area contributed by atoms with Gasteiger partial charge in [0.2, 0.25) is 0 Å². The first-order valence-electron chi connectivity index (χ1n) is 7.17. The molecule has 2 heteroatoms. The number of hydrogen-bond donors (Lipinski definition) is 1. The van der Waals surface area contributed by atoms with E-state index in [-0.39, 0.29) is 0 Å². The van der Waals surface area contributed by atoms with Crippen molar-refractivity contribution in [2.45, 2.75) is 39.7 Å². The zero-order valence-electron chi connectivity index (χ0n) is 12.2. The molecule has 0 radical (unpaired) electrons. The highest BCUT2D eigenvalue weighted by Gasteiger charge is 2.01. The highest BCUT2D eigenvalue weighted by Crippen LogP contribution is 2.08. The minimum absolute atomic E-state index is 1.04. The van der Waals surface area contributed by atoms with E-state index in [1.807, 2.05) is 0 Å². The molecule has 1 aromatic rings. The summed E-state index contributed by atoms with van der Waals surface area (Å²) in [6, 6.07) is 8.64. The Hall–Kier alpha value is -0.860. The molecule has 0 unspecified atom stereocenters. The maximum Gasteiger partial charge on any atom is 0.0233 e. The average Bonchev–Trinajstić information content (AvgIpc) is 2.36. The molecule has 1 N–H and O–H groups in total. The van der Waals surface area contributed by atoms with Crippen molar-refractivity contribution < 1.29 is 0 Å². The molecule has 0 spiro atoms. The average molecular weight is 248 g/mol. The Morgan fingerprint density at radius 2 is 1.89 bits per heavy atom. The maximum absolute atomic E-state index is 3.51. The zero-order chi connectivity index (χ0) is 13.2. The van der Waals surface area contributed by atoms with E-state index in [4.69, 9.17) is 0 Å². The van der Waals surface area contributed by atoms with Gasteiger partial charge in [-0.15, -0.1) is 0 Å². The molecule has 2 nitrogen and oxygen atoms in total. The van der Waals surface area contributed by atoms with Crippen LogP contribution in [0.3, 0.4) is 0 Å². The molecule has 0 aliphatic rings. The molecule has 0 aromatic heterocycles. The number of likely N-dealkylation sites (N-methyl/N-ethyl adjacent to an activating group) is 1. The predicted octanol–water partition coefficient (Wildman–Crippen LogP) is 3.21. The molecular weight excluding hydrogens is 220 g/mol. The Bertz CT molecular complexity index is 323. The van der Waals surface area contributed by atoms with E-state index in [2.05, 4.69) is 55.4 Å². The summed E-state index contributed by atoms with van der Waals surface area (Å²) in [5.74, 6) is 0. The molecule has 0 bridgehead atoms. The maximum atomic E-state index is 3.51. The van der Waals surface area contributed by atoms with E-state index in [9.17, 15) is 0 Å². The van der Waals surface area contributed by atoms with Gasteiger partial charge in [0, 0.05) is 19.6 Å². The molecule has 1 rings (SSSR count). The zero-order valence-corrected chi connectivity index (χ0v) is 12.2. The van der Waals surface area contributed by atoms with E-state index in [0.717, 1.165) is 26.2 Å². The number of nitrogens with one attached hydrogen (secondary N) is 1. The lowest BCUT2D eigenvalue weighted by atomic mass is 10.1. The third-order valence-electron chi connectivity index (χ3n) is 3.33. The minimum atomic E-state index is 1.04. The van der Waals surface area contributed by atoms with Crippen LogP contribution >= 0.6 is 0 Å².